The average Bonchev–Trinajstić information content (AvgIpc) is 2.57. The van der Waals surface area contributed by atoms with Gasteiger partial charge in [0.25, 0.3) is 0 Å². The average molecular weight is 192 g/mol. The van der Waals surface area contributed by atoms with E-state index in [2.05, 4.69) is 43.7 Å². The molecule has 78 valence electrons. The predicted octanol–water partition coefficient (Wildman–Crippen LogP) is 2.83. The molecule has 0 bridgehead atoms. The van der Waals surface area contributed by atoms with Gasteiger partial charge >= 0.3 is 0 Å². The fraction of sp³-hybridized carbons (Fsp3) is 0.750. The van der Waals surface area contributed by atoms with Gasteiger partial charge in [0.1, 0.15) is 0 Å². The summed E-state index contributed by atoms with van der Waals surface area (Å²) in [6, 6.07) is 0. The van der Waals surface area contributed by atoms with Crippen LogP contribution in [0.5, 0.6) is 0 Å². The first-order valence-corrected chi connectivity index (χ1v) is 5.64. The van der Waals surface area contributed by atoms with Gasteiger partial charge in [0.15, 0.2) is 0 Å². The van der Waals surface area contributed by atoms with E-state index in [-0.39, 0.29) is 0 Å². The molecule has 1 aliphatic rings. The van der Waals surface area contributed by atoms with Gasteiger partial charge < -0.3 is 0 Å². The van der Waals surface area contributed by atoms with E-state index in [1.54, 1.807) is 0 Å². The molecule has 2 rings (SSSR count). The number of fused-ring (bicyclic) bond motifs is 1. The molecule has 0 spiro atoms. The lowest BCUT2D eigenvalue weighted by Gasteiger charge is -2.09. The largest absolute Gasteiger partial charge is 0.269 e. The highest BCUT2D eigenvalue weighted by Crippen LogP contribution is 2.37. The minimum atomic E-state index is 0.685. The molecule has 1 aromatic heterocycles. The van der Waals surface area contributed by atoms with E-state index in [9.17, 15) is 0 Å². The van der Waals surface area contributed by atoms with E-state index in [1.165, 1.54) is 17.7 Å². The molecule has 0 amide bonds. The monoisotopic (exact) mass is 192 g/mol. The topological polar surface area (TPSA) is 17.8 Å². The van der Waals surface area contributed by atoms with Crippen LogP contribution in [0.15, 0.2) is 6.20 Å². The van der Waals surface area contributed by atoms with Crippen LogP contribution in [0.3, 0.4) is 0 Å². The summed E-state index contributed by atoms with van der Waals surface area (Å²) in [5.41, 5.74) is 2.97. The number of hydrogen-bond donors (Lipinski definition) is 0. The highest BCUT2D eigenvalue weighted by Gasteiger charge is 2.29. The molecule has 0 saturated heterocycles. The van der Waals surface area contributed by atoms with Crippen molar-refractivity contribution in [2.75, 3.05) is 0 Å². The smallest absolute Gasteiger partial charge is 0.0527 e. The Morgan fingerprint density at radius 1 is 1.50 bits per heavy atom. The van der Waals surface area contributed by atoms with Gasteiger partial charge in [-0.05, 0) is 29.7 Å². The number of hydrogen-bond acceptors (Lipinski definition) is 1. The van der Waals surface area contributed by atoms with Crippen molar-refractivity contribution in [1.82, 2.24) is 9.78 Å². The Morgan fingerprint density at radius 2 is 2.21 bits per heavy atom. The Morgan fingerprint density at radius 3 is 2.86 bits per heavy atom. The lowest BCUT2D eigenvalue weighted by atomic mass is 9.98. The van der Waals surface area contributed by atoms with Crippen LogP contribution in [-0.4, -0.2) is 9.78 Å². The van der Waals surface area contributed by atoms with Crippen molar-refractivity contribution in [3.8, 4) is 0 Å². The van der Waals surface area contributed by atoms with Gasteiger partial charge in [-0.2, -0.15) is 5.10 Å². The van der Waals surface area contributed by atoms with Crippen molar-refractivity contribution in [3.05, 3.63) is 17.5 Å². The summed E-state index contributed by atoms with van der Waals surface area (Å²) < 4.78 is 2.21. The summed E-state index contributed by atoms with van der Waals surface area (Å²) in [4.78, 5) is 0. The number of rotatable bonds is 2. The Kier molecular flexibility index (Phi) is 2.38. The molecule has 0 radical (unpaired) electrons. The Hall–Kier alpha value is -0.790. The van der Waals surface area contributed by atoms with E-state index >= 15 is 0 Å². The molecule has 0 saturated carbocycles. The summed E-state index contributed by atoms with van der Waals surface area (Å²) in [5, 5.41) is 4.48. The van der Waals surface area contributed by atoms with E-state index in [4.69, 9.17) is 0 Å². The van der Waals surface area contributed by atoms with Gasteiger partial charge in [-0.3, -0.25) is 4.68 Å². The molecule has 1 aromatic rings. The molecule has 2 nitrogen and oxygen atoms in total. The van der Waals surface area contributed by atoms with E-state index in [1.807, 2.05) is 0 Å². The van der Waals surface area contributed by atoms with Gasteiger partial charge in [0.2, 0.25) is 0 Å². The third-order valence-corrected chi connectivity index (χ3v) is 3.38. The van der Waals surface area contributed by atoms with Crippen LogP contribution in [0.4, 0.5) is 0 Å². The van der Waals surface area contributed by atoms with Crippen molar-refractivity contribution in [2.45, 2.75) is 46.6 Å². The molecular formula is C12H20N2. The van der Waals surface area contributed by atoms with Gasteiger partial charge in [-0.25, -0.2) is 0 Å². The Balaban J connectivity index is 2.26. The summed E-state index contributed by atoms with van der Waals surface area (Å²) in [6.45, 7) is 10.2. The molecule has 0 fully saturated rings. The summed E-state index contributed by atoms with van der Waals surface area (Å²) in [6.07, 6.45) is 3.29. The van der Waals surface area contributed by atoms with Crippen LogP contribution >= 0.6 is 0 Å². The maximum atomic E-state index is 4.48. The zero-order valence-corrected chi connectivity index (χ0v) is 9.62. The van der Waals surface area contributed by atoms with Crippen LogP contribution in [0.2, 0.25) is 0 Å². The lowest BCUT2D eigenvalue weighted by Crippen LogP contribution is -2.10. The van der Waals surface area contributed by atoms with Gasteiger partial charge in [0, 0.05) is 12.2 Å². The van der Waals surface area contributed by atoms with Crippen LogP contribution in [-0.2, 0) is 13.0 Å². The first-order valence-electron chi connectivity index (χ1n) is 5.64. The maximum absolute atomic E-state index is 4.48. The second-order valence-corrected chi connectivity index (χ2v) is 5.09. The predicted molar refractivity (Wildman–Crippen MR) is 58.3 cm³/mol. The molecule has 0 unspecified atom stereocenters. The zero-order chi connectivity index (χ0) is 10.3. The molecule has 1 aliphatic carbocycles. The first-order chi connectivity index (χ1) is 6.59. The van der Waals surface area contributed by atoms with E-state index in [0.29, 0.717) is 11.8 Å². The van der Waals surface area contributed by atoms with Crippen LogP contribution < -0.4 is 0 Å². The van der Waals surface area contributed by atoms with Crippen molar-refractivity contribution in [2.24, 2.45) is 11.8 Å². The molecular weight excluding hydrogens is 172 g/mol. The molecule has 0 N–H and O–H groups in total. The minimum absolute atomic E-state index is 0.685. The van der Waals surface area contributed by atoms with Crippen molar-refractivity contribution >= 4 is 0 Å². The second kappa shape index (κ2) is 3.41. The zero-order valence-electron chi connectivity index (χ0n) is 9.62. The normalized spacial score (nSPS) is 25.8. The highest BCUT2D eigenvalue weighted by atomic mass is 15.3. The van der Waals surface area contributed by atoms with E-state index in [0.717, 1.165) is 12.5 Å². The van der Waals surface area contributed by atoms with Gasteiger partial charge in [0.05, 0.1) is 6.20 Å². The quantitative estimate of drug-likeness (QED) is 0.704. The van der Waals surface area contributed by atoms with Crippen molar-refractivity contribution < 1.29 is 0 Å². The molecule has 14 heavy (non-hydrogen) atoms. The molecule has 2 heteroatoms. The fourth-order valence-corrected chi connectivity index (χ4v) is 2.32. The molecule has 2 atom stereocenters. The van der Waals surface area contributed by atoms with Crippen molar-refractivity contribution in [3.63, 3.8) is 0 Å². The standard InChI is InChI=1S/C12H20N2/c1-8(2)7-14-12-5-9(3)10(4)11(12)6-13-14/h6,8-10H,5,7H2,1-4H3/t9-,10-/m0/s1. The fourth-order valence-electron chi connectivity index (χ4n) is 2.32. The molecule has 0 aromatic carbocycles. The summed E-state index contributed by atoms with van der Waals surface area (Å²) >= 11 is 0. The summed E-state index contributed by atoms with van der Waals surface area (Å²) in [7, 11) is 0. The Labute approximate surface area is 86.3 Å². The van der Waals surface area contributed by atoms with Gasteiger partial charge in [-0.1, -0.05) is 27.7 Å². The molecule has 1 heterocycles. The summed E-state index contributed by atoms with van der Waals surface area (Å²) in [5.74, 6) is 2.18. The first kappa shape index (κ1) is 9.75. The van der Waals surface area contributed by atoms with Crippen LogP contribution in [0, 0.1) is 11.8 Å². The SMILES string of the molecule is CC(C)Cn1ncc2c1C[C@H](C)[C@@H]2C. The second-order valence-electron chi connectivity index (χ2n) is 5.09. The lowest BCUT2D eigenvalue weighted by molar-refractivity contribution is 0.454. The number of nitrogens with zero attached hydrogens (tertiary/aromatic N) is 2. The minimum Gasteiger partial charge on any atom is -0.269 e. The van der Waals surface area contributed by atoms with Crippen LogP contribution in [0.25, 0.3) is 0 Å². The molecule has 0 aliphatic heterocycles. The third-order valence-electron chi connectivity index (χ3n) is 3.38. The van der Waals surface area contributed by atoms with Crippen molar-refractivity contribution in [1.29, 1.82) is 0 Å². The van der Waals surface area contributed by atoms with Gasteiger partial charge in [-0.15, -0.1) is 0 Å². The number of aromatic nitrogens is 2. The Bertz CT molecular complexity index is 325. The van der Waals surface area contributed by atoms with Crippen LogP contribution in [0.1, 0.15) is 44.9 Å². The third kappa shape index (κ3) is 1.47. The highest BCUT2D eigenvalue weighted by molar-refractivity contribution is 5.28. The maximum Gasteiger partial charge on any atom is 0.0527 e. The van der Waals surface area contributed by atoms with E-state index < -0.39 is 0 Å².